The van der Waals surface area contributed by atoms with E-state index in [-0.39, 0.29) is 30.1 Å². The van der Waals surface area contributed by atoms with E-state index < -0.39 is 0 Å². The summed E-state index contributed by atoms with van der Waals surface area (Å²) in [6.45, 7) is 11.3. The minimum absolute atomic E-state index is 0. The normalized spacial score (nSPS) is 18.3. The van der Waals surface area contributed by atoms with Crippen molar-refractivity contribution in [3.8, 4) is 0 Å². The predicted molar refractivity (Wildman–Crippen MR) is 119 cm³/mol. The number of benzene rings is 1. The van der Waals surface area contributed by atoms with Crippen LogP contribution in [0.15, 0.2) is 29.3 Å². The van der Waals surface area contributed by atoms with Crippen molar-refractivity contribution < 1.29 is 9.47 Å². The molecule has 0 bridgehead atoms. The molecule has 1 aromatic rings. The lowest BCUT2D eigenvalue weighted by atomic mass is 10.0. The minimum atomic E-state index is 0. The van der Waals surface area contributed by atoms with Crippen molar-refractivity contribution in [2.24, 2.45) is 4.99 Å². The molecule has 6 heteroatoms. The molecule has 0 saturated carbocycles. The van der Waals surface area contributed by atoms with Crippen LogP contribution in [0.5, 0.6) is 0 Å². The molecule has 1 heterocycles. The fraction of sp³-hybridized carbons (Fsp3) is 0.650. The number of halogens is 1. The maximum absolute atomic E-state index is 5.79. The summed E-state index contributed by atoms with van der Waals surface area (Å²) in [4.78, 5) is 4.72. The van der Waals surface area contributed by atoms with Crippen molar-refractivity contribution in [2.75, 3.05) is 39.5 Å². The summed E-state index contributed by atoms with van der Waals surface area (Å²) < 4.78 is 11.1. The molecule has 2 N–H and O–H groups in total. The first-order valence-electron chi connectivity index (χ1n) is 9.47. The Morgan fingerprint density at radius 2 is 2.08 bits per heavy atom. The predicted octanol–water partition coefficient (Wildman–Crippen LogP) is 3.47. The first-order valence-corrected chi connectivity index (χ1v) is 9.47. The van der Waals surface area contributed by atoms with Gasteiger partial charge in [0.2, 0.25) is 0 Å². The zero-order chi connectivity index (χ0) is 17.9. The van der Waals surface area contributed by atoms with Gasteiger partial charge in [-0.1, -0.05) is 36.8 Å². The highest BCUT2D eigenvalue weighted by Crippen LogP contribution is 2.16. The zero-order valence-corrected chi connectivity index (χ0v) is 18.6. The summed E-state index contributed by atoms with van der Waals surface area (Å²) in [5.41, 5.74) is 2.62. The third-order valence-corrected chi connectivity index (χ3v) is 4.37. The van der Waals surface area contributed by atoms with Crippen LogP contribution in [0.2, 0.25) is 0 Å². The Balaban J connectivity index is 0.00000338. The van der Waals surface area contributed by atoms with Crippen LogP contribution < -0.4 is 10.6 Å². The molecule has 0 amide bonds. The average molecular weight is 475 g/mol. The van der Waals surface area contributed by atoms with Gasteiger partial charge >= 0.3 is 0 Å². The van der Waals surface area contributed by atoms with Gasteiger partial charge in [0.25, 0.3) is 0 Å². The smallest absolute Gasteiger partial charge is 0.191 e. The van der Waals surface area contributed by atoms with E-state index in [1.54, 1.807) is 0 Å². The number of nitrogens with zero attached hydrogens (tertiary/aromatic N) is 1. The van der Waals surface area contributed by atoms with Gasteiger partial charge in [0.05, 0.1) is 12.7 Å². The van der Waals surface area contributed by atoms with Crippen LogP contribution in [0.1, 0.15) is 43.7 Å². The van der Waals surface area contributed by atoms with Gasteiger partial charge in [-0.05, 0) is 32.3 Å². The Morgan fingerprint density at radius 1 is 1.31 bits per heavy atom. The van der Waals surface area contributed by atoms with E-state index in [2.05, 4.69) is 55.7 Å². The fourth-order valence-electron chi connectivity index (χ4n) is 2.74. The van der Waals surface area contributed by atoms with Crippen molar-refractivity contribution in [1.29, 1.82) is 0 Å². The Kier molecular flexibility index (Phi) is 11.9. The highest BCUT2D eigenvalue weighted by atomic mass is 127. The Labute approximate surface area is 175 Å². The Morgan fingerprint density at radius 3 is 2.73 bits per heavy atom. The summed E-state index contributed by atoms with van der Waals surface area (Å²) in [7, 11) is 0. The molecule has 1 aliphatic rings. The van der Waals surface area contributed by atoms with E-state index in [0.717, 1.165) is 58.3 Å². The monoisotopic (exact) mass is 475 g/mol. The first-order chi connectivity index (χ1) is 12.2. The van der Waals surface area contributed by atoms with E-state index in [9.17, 15) is 0 Å². The van der Waals surface area contributed by atoms with Crippen molar-refractivity contribution in [2.45, 2.75) is 45.6 Å². The lowest BCUT2D eigenvalue weighted by Crippen LogP contribution is -2.38. The first kappa shape index (κ1) is 23.2. The van der Waals surface area contributed by atoms with Crippen LogP contribution in [0.4, 0.5) is 0 Å². The number of hydrogen-bond donors (Lipinski definition) is 2. The van der Waals surface area contributed by atoms with Gasteiger partial charge < -0.3 is 20.1 Å². The van der Waals surface area contributed by atoms with Crippen molar-refractivity contribution in [3.05, 3.63) is 35.4 Å². The molecule has 0 aromatic heterocycles. The van der Waals surface area contributed by atoms with E-state index in [1.165, 1.54) is 11.1 Å². The molecule has 1 aromatic carbocycles. The number of guanidine groups is 1. The summed E-state index contributed by atoms with van der Waals surface area (Å²) in [6.07, 6.45) is 2.28. The van der Waals surface area contributed by atoms with Crippen molar-refractivity contribution in [3.63, 3.8) is 0 Å². The molecule has 148 valence electrons. The van der Waals surface area contributed by atoms with E-state index >= 15 is 0 Å². The van der Waals surface area contributed by atoms with Crippen LogP contribution in [-0.4, -0.2) is 51.5 Å². The van der Waals surface area contributed by atoms with E-state index in [1.807, 2.05) is 0 Å². The average Bonchev–Trinajstić information content (AvgIpc) is 3.13. The van der Waals surface area contributed by atoms with Crippen LogP contribution >= 0.6 is 24.0 Å². The quantitative estimate of drug-likeness (QED) is 0.249. The van der Waals surface area contributed by atoms with E-state index in [4.69, 9.17) is 14.5 Å². The number of aryl methyl sites for hydroxylation is 1. The lowest BCUT2D eigenvalue weighted by molar-refractivity contribution is 0.0420. The number of hydrogen-bond acceptors (Lipinski definition) is 3. The third-order valence-electron chi connectivity index (χ3n) is 4.37. The number of ether oxygens (including phenoxy) is 2. The Bertz CT molecular complexity index is 516. The maximum atomic E-state index is 5.79. The molecule has 1 saturated heterocycles. The number of rotatable bonds is 9. The standard InChI is InChI=1S/C20H33N3O2.HI/c1-4-21-20(22-11-5-12-25-19-10-13-24-15-19)23-14-17(3)18-8-6-16(2)7-9-18;/h6-9,17,19H,4-5,10-15H2,1-3H3,(H2,21,22,23);1H. The second-order valence-corrected chi connectivity index (χ2v) is 6.67. The minimum Gasteiger partial charge on any atom is -0.379 e. The van der Waals surface area contributed by atoms with Crippen molar-refractivity contribution in [1.82, 2.24) is 10.6 Å². The zero-order valence-electron chi connectivity index (χ0n) is 16.3. The molecule has 26 heavy (non-hydrogen) atoms. The molecule has 1 aliphatic heterocycles. The molecule has 0 aliphatic carbocycles. The largest absolute Gasteiger partial charge is 0.379 e. The van der Waals surface area contributed by atoms with Crippen LogP contribution in [0, 0.1) is 6.92 Å². The van der Waals surface area contributed by atoms with Gasteiger partial charge in [-0.15, -0.1) is 24.0 Å². The molecule has 2 atom stereocenters. The molecular formula is C20H34IN3O2. The van der Waals surface area contributed by atoms with E-state index in [0.29, 0.717) is 5.92 Å². The van der Waals surface area contributed by atoms with Gasteiger partial charge in [-0.3, -0.25) is 4.99 Å². The van der Waals surface area contributed by atoms with Gasteiger partial charge in [0, 0.05) is 38.8 Å². The Hall–Kier alpha value is -0.860. The summed E-state index contributed by atoms with van der Waals surface area (Å²) in [6, 6.07) is 8.71. The highest BCUT2D eigenvalue weighted by Gasteiger charge is 2.15. The molecule has 2 unspecified atom stereocenters. The second kappa shape index (κ2) is 13.3. The molecule has 1 fully saturated rings. The number of nitrogens with one attached hydrogen (secondary N) is 2. The molecule has 2 rings (SSSR count). The summed E-state index contributed by atoms with van der Waals surface area (Å²) in [5.74, 6) is 1.28. The summed E-state index contributed by atoms with van der Waals surface area (Å²) in [5, 5.41) is 6.70. The van der Waals surface area contributed by atoms with Gasteiger partial charge in [-0.25, -0.2) is 0 Å². The highest BCUT2D eigenvalue weighted by molar-refractivity contribution is 14.0. The summed E-state index contributed by atoms with van der Waals surface area (Å²) >= 11 is 0. The second-order valence-electron chi connectivity index (χ2n) is 6.67. The molecular weight excluding hydrogens is 441 g/mol. The molecule has 0 radical (unpaired) electrons. The fourth-order valence-corrected chi connectivity index (χ4v) is 2.74. The molecule has 5 nitrogen and oxygen atoms in total. The third kappa shape index (κ3) is 8.68. The van der Waals surface area contributed by atoms with Gasteiger partial charge in [0.1, 0.15) is 0 Å². The van der Waals surface area contributed by atoms with Crippen LogP contribution in [-0.2, 0) is 9.47 Å². The van der Waals surface area contributed by atoms with Crippen molar-refractivity contribution >= 4 is 29.9 Å². The number of aliphatic imine (C=N–C) groups is 1. The van der Waals surface area contributed by atoms with Gasteiger partial charge in [0.15, 0.2) is 5.96 Å². The lowest BCUT2D eigenvalue weighted by Gasteiger charge is -2.14. The molecule has 0 spiro atoms. The SMILES string of the molecule is CCNC(=NCC(C)c1ccc(C)cc1)NCCCOC1CCOC1.I. The van der Waals surface area contributed by atoms with Gasteiger partial charge in [-0.2, -0.15) is 0 Å². The topological polar surface area (TPSA) is 54.9 Å². The van der Waals surface area contributed by atoms with Crippen LogP contribution in [0.3, 0.4) is 0 Å². The van der Waals surface area contributed by atoms with Crippen LogP contribution in [0.25, 0.3) is 0 Å². The maximum Gasteiger partial charge on any atom is 0.191 e.